The fourth-order valence-corrected chi connectivity index (χ4v) is 1.14. The molecule has 2 N–H and O–H groups in total. The van der Waals surface area contributed by atoms with E-state index in [2.05, 4.69) is 0 Å². The van der Waals surface area contributed by atoms with E-state index in [1.165, 1.54) is 12.3 Å². The Balaban J connectivity index is 2.61. The van der Waals surface area contributed by atoms with Crippen LogP contribution in [0.2, 0.25) is 0 Å². The van der Waals surface area contributed by atoms with Crippen LogP contribution in [0, 0.1) is 0 Å². The summed E-state index contributed by atoms with van der Waals surface area (Å²) in [6.45, 7) is 2.33. The van der Waals surface area contributed by atoms with Gasteiger partial charge in [0.05, 0.1) is 12.2 Å². The highest BCUT2D eigenvalue weighted by atomic mass is 16.5. The Morgan fingerprint density at radius 3 is 2.93 bits per heavy atom. The molecule has 0 unspecified atom stereocenters. The normalized spacial score (nSPS) is 10.1. The van der Waals surface area contributed by atoms with Crippen LogP contribution in [-0.4, -0.2) is 34.4 Å². The maximum absolute atomic E-state index is 11.4. The first kappa shape index (κ1) is 11.8. The van der Waals surface area contributed by atoms with Crippen molar-refractivity contribution in [2.24, 2.45) is 0 Å². The second-order valence-electron chi connectivity index (χ2n) is 3.14. The Morgan fingerprint density at radius 1 is 1.60 bits per heavy atom. The average molecular weight is 211 g/mol. The van der Waals surface area contributed by atoms with Crippen molar-refractivity contribution in [1.29, 1.82) is 0 Å². The van der Waals surface area contributed by atoms with Crippen LogP contribution in [0.4, 0.5) is 4.79 Å². The van der Waals surface area contributed by atoms with E-state index in [-0.39, 0.29) is 5.59 Å². The number of carbonyl (C=O) groups is 1. The van der Waals surface area contributed by atoms with Gasteiger partial charge in [0.2, 0.25) is 0 Å². The molecule has 0 fully saturated rings. The van der Waals surface area contributed by atoms with Crippen LogP contribution in [-0.2, 0) is 4.74 Å². The van der Waals surface area contributed by atoms with Gasteiger partial charge in [0.1, 0.15) is 0 Å². The topological polar surface area (TPSA) is 71.7 Å². The van der Waals surface area contributed by atoms with Gasteiger partial charge in [0, 0.05) is 6.20 Å². The summed E-state index contributed by atoms with van der Waals surface area (Å²) in [5, 5.41) is 17.9. The largest absolute Gasteiger partial charge is 0.506 e. The van der Waals surface area contributed by atoms with Crippen molar-refractivity contribution in [3.8, 4) is 0 Å². The fourth-order valence-electron chi connectivity index (χ4n) is 1.14. The van der Waals surface area contributed by atoms with Crippen LogP contribution in [0.5, 0.6) is 0 Å². The van der Waals surface area contributed by atoms with Crippen LogP contribution in [0.3, 0.4) is 0 Å². The molecule has 0 saturated carbocycles. The fraction of sp³-hybridized carbons (Fsp3) is 0.444. The molecule has 0 amide bonds. The standard InChI is InChI=1S/C9H14BNO4/c1-2-3-7-15-9(12)11-6-4-5-8(11)10(13)14/h4-6,13-14H,2-3,7H2,1H3. The Morgan fingerprint density at radius 2 is 2.33 bits per heavy atom. The third-order valence-electron chi connectivity index (χ3n) is 1.96. The molecule has 0 aliphatic heterocycles. The number of carbonyl (C=O) groups excluding carboxylic acids is 1. The van der Waals surface area contributed by atoms with Crippen LogP contribution in [0.15, 0.2) is 18.3 Å². The van der Waals surface area contributed by atoms with Crippen molar-refractivity contribution >= 4 is 18.8 Å². The van der Waals surface area contributed by atoms with E-state index in [0.29, 0.717) is 6.61 Å². The van der Waals surface area contributed by atoms with Gasteiger partial charge in [0.25, 0.3) is 0 Å². The van der Waals surface area contributed by atoms with Crippen molar-refractivity contribution in [1.82, 2.24) is 4.57 Å². The van der Waals surface area contributed by atoms with Gasteiger partial charge in [-0.25, -0.2) is 4.79 Å². The van der Waals surface area contributed by atoms with Gasteiger partial charge in [-0.1, -0.05) is 13.3 Å². The molecule has 0 spiro atoms. The maximum atomic E-state index is 11.4. The molecular weight excluding hydrogens is 197 g/mol. The SMILES string of the molecule is CCCCOC(=O)n1cccc1B(O)O. The van der Waals surface area contributed by atoms with Crippen molar-refractivity contribution in [2.45, 2.75) is 19.8 Å². The molecule has 5 nitrogen and oxygen atoms in total. The molecule has 0 atom stereocenters. The first-order valence-corrected chi connectivity index (χ1v) is 4.87. The van der Waals surface area contributed by atoms with Crippen LogP contribution < -0.4 is 5.59 Å². The van der Waals surface area contributed by atoms with Gasteiger partial charge < -0.3 is 14.8 Å². The van der Waals surface area contributed by atoms with E-state index >= 15 is 0 Å². The number of nitrogens with zero attached hydrogens (tertiary/aromatic N) is 1. The second kappa shape index (κ2) is 5.58. The lowest BCUT2D eigenvalue weighted by Crippen LogP contribution is -2.39. The van der Waals surface area contributed by atoms with E-state index in [1.54, 1.807) is 6.07 Å². The molecule has 0 saturated heterocycles. The summed E-state index contributed by atoms with van der Waals surface area (Å²) in [5.41, 5.74) is 0.108. The molecule has 15 heavy (non-hydrogen) atoms. The second-order valence-corrected chi connectivity index (χ2v) is 3.14. The first-order valence-electron chi connectivity index (χ1n) is 4.87. The number of ether oxygens (including phenoxy) is 1. The van der Waals surface area contributed by atoms with Gasteiger partial charge in [-0.2, -0.15) is 0 Å². The zero-order chi connectivity index (χ0) is 11.3. The summed E-state index contributed by atoms with van der Waals surface area (Å²) in [4.78, 5) is 11.4. The molecule has 0 aliphatic carbocycles. The van der Waals surface area contributed by atoms with Gasteiger partial charge in [-0.05, 0) is 18.6 Å². The molecule has 82 valence electrons. The van der Waals surface area contributed by atoms with Crippen molar-refractivity contribution < 1.29 is 19.6 Å². The van der Waals surface area contributed by atoms with Gasteiger partial charge in [0.15, 0.2) is 0 Å². The third-order valence-corrected chi connectivity index (χ3v) is 1.96. The number of hydrogen-bond donors (Lipinski definition) is 2. The summed E-state index contributed by atoms with van der Waals surface area (Å²) in [6, 6.07) is 3.00. The lowest BCUT2D eigenvalue weighted by Gasteiger charge is -2.07. The summed E-state index contributed by atoms with van der Waals surface area (Å²) >= 11 is 0. The van der Waals surface area contributed by atoms with Crippen molar-refractivity contribution in [2.75, 3.05) is 6.61 Å². The van der Waals surface area contributed by atoms with Crippen LogP contribution in [0.25, 0.3) is 0 Å². The quantitative estimate of drug-likeness (QED) is 0.541. The molecule has 0 radical (unpaired) electrons. The van der Waals surface area contributed by atoms with E-state index in [9.17, 15) is 4.79 Å². The maximum Gasteiger partial charge on any atom is 0.506 e. The average Bonchev–Trinajstić information content (AvgIpc) is 2.66. The molecule has 0 bridgehead atoms. The van der Waals surface area contributed by atoms with Gasteiger partial charge >= 0.3 is 13.2 Å². The zero-order valence-corrected chi connectivity index (χ0v) is 8.59. The summed E-state index contributed by atoms with van der Waals surface area (Å²) in [7, 11) is -1.67. The Hall–Kier alpha value is -1.27. The van der Waals surface area contributed by atoms with Gasteiger partial charge in [-0.15, -0.1) is 0 Å². The van der Waals surface area contributed by atoms with Gasteiger partial charge in [-0.3, -0.25) is 4.57 Å². The zero-order valence-electron chi connectivity index (χ0n) is 8.59. The predicted molar refractivity (Wildman–Crippen MR) is 55.9 cm³/mol. The van der Waals surface area contributed by atoms with Crippen LogP contribution in [0.1, 0.15) is 19.8 Å². The lowest BCUT2D eigenvalue weighted by atomic mass is 9.86. The molecule has 1 rings (SSSR count). The monoisotopic (exact) mass is 211 g/mol. The molecule has 1 aromatic heterocycles. The highest BCUT2D eigenvalue weighted by Gasteiger charge is 2.19. The molecule has 1 heterocycles. The highest BCUT2D eigenvalue weighted by Crippen LogP contribution is 1.95. The predicted octanol–water partition coefficient (Wildman–Crippen LogP) is -0.0473. The highest BCUT2D eigenvalue weighted by molar-refractivity contribution is 6.58. The minimum absolute atomic E-state index is 0.108. The Labute approximate surface area is 88.4 Å². The number of aromatic nitrogens is 1. The Bertz CT molecular complexity index is 324. The van der Waals surface area contributed by atoms with E-state index in [0.717, 1.165) is 17.4 Å². The summed E-state index contributed by atoms with van der Waals surface area (Å²) < 4.78 is 6.00. The molecular formula is C9H14BNO4. The van der Waals surface area contributed by atoms with Crippen molar-refractivity contribution in [3.05, 3.63) is 18.3 Å². The Kier molecular flexibility index (Phi) is 4.39. The lowest BCUT2D eigenvalue weighted by molar-refractivity contribution is 0.146. The van der Waals surface area contributed by atoms with E-state index < -0.39 is 13.2 Å². The molecule has 0 aliphatic rings. The van der Waals surface area contributed by atoms with Crippen molar-refractivity contribution in [3.63, 3.8) is 0 Å². The number of hydrogen-bond acceptors (Lipinski definition) is 4. The molecule has 6 heteroatoms. The summed E-state index contributed by atoms with van der Waals surface area (Å²) in [6.07, 6.45) is 2.58. The smallest absolute Gasteiger partial charge is 0.449 e. The first-order chi connectivity index (χ1) is 7.16. The minimum atomic E-state index is -1.67. The third kappa shape index (κ3) is 3.11. The van der Waals surface area contributed by atoms with Crippen LogP contribution >= 0.6 is 0 Å². The van der Waals surface area contributed by atoms with E-state index in [4.69, 9.17) is 14.8 Å². The minimum Gasteiger partial charge on any atom is -0.449 e. The number of unbranched alkanes of at least 4 members (excludes halogenated alkanes) is 1. The molecule has 0 aromatic carbocycles. The van der Waals surface area contributed by atoms with E-state index in [1.807, 2.05) is 6.92 Å². The number of rotatable bonds is 4. The summed E-state index contributed by atoms with van der Waals surface area (Å²) in [5.74, 6) is 0. The molecule has 1 aromatic rings.